The van der Waals surface area contributed by atoms with Crippen LogP contribution >= 0.6 is 0 Å². The van der Waals surface area contributed by atoms with Crippen LogP contribution in [0.1, 0.15) is 70.3 Å². The van der Waals surface area contributed by atoms with Crippen molar-refractivity contribution in [3.63, 3.8) is 0 Å². The Bertz CT molecular complexity index is 790. The lowest BCUT2D eigenvalue weighted by molar-refractivity contribution is -0.141. The molecule has 0 aliphatic rings. The van der Waals surface area contributed by atoms with Crippen LogP contribution in [-0.4, -0.2) is 56.2 Å². The van der Waals surface area contributed by atoms with E-state index >= 15 is 0 Å². The number of benzene rings is 1. The second-order valence-electron chi connectivity index (χ2n) is 8.56. The molecule has 2 atom stereocenters. The molecule has 201 valence electrons. The van der Waals surface area contributed by atoms with Gasteiger partial charge in [-0.2, -0.15) is 0 Å². The topological polar surface area (TPSA) is 147 Å². The molecule has 1 radical (unpaired) electrons. The van der Waals surface area contributed by atoms with Crippen LogP contribution in [0.15, 0.2) is 30.3 Å². The molecule has 2 unspecified atom stereocenters. The number of nitrogens with one attached hydrogen (secondary N) is 4. The van der Waals surface area contributed by atoms with E-state index in [1.165, 1.54) is 7.11 Å². The van der Waals surface area contributed by atoms with E-state index in [0.29, 0.717) is 32.4 Å². The van der Waals surface area contributed by atoms with Crippen LogP contribution in [0.5, 0.6) is 0 Å². The fraction of sp³-hybridized carbons (Fsp3) is 0.615. The standard InChI is InChI=1S/C26H41N4O6/c1-3-4-5-10-17-28-25(33)22(30-24(32)21(27)15-16-23(31)35-2)14-9-11-18-29-26(34)36-19-20-12-7-6-8-13-20/h6-8,12-13,21-22,27H,3-5,9-11,14-19H2,1-2H3,(H,28,33)(H,29,34)(H,30,32). The summed E-state index contributed by atoms with van der Waals surface area (Å²) in [6.07, 6.45) is 5.03. The summed E-state index contributed by atoms with van der Waals surface area (Å²) in [7, 11) is 1.25. The molecule has 0 bridgehead atoms. The predicted octanol–water partition coefficient (Wildman–Crippen LogP) is 2.87. The Hall–Kier alpha value is -3.14. The van der Waals surface area contributed by atoms with Crippen LogP contribution in [0.4, 0.5) is 4.79 Å². The lowest BCUT2D eigenvalue weighted by Gasteiger charge is -2.20. The Labute approximate surface area is 214 Å². The van der Waals surface area contributed by atoms with E-state index in [1.54, 1.807) is 0 Å². The average Bonchev–Trinajstić information content (AvgIpc) is 2.89. The molecule has 0 fully saturated rings. The van der Waals surface area contributed by atoms with Gasteiger partial charge in [-0.05, 0) is 37.7 Å². The second-order valence-corrected chi connectivity index (χ2v) is 8.56. The fourth-order valence-electron chi connectivity index (χ4n) is 3.36. The molecule has 4 N–H and O–H groups in total. The molecule has 1 aromatic carbocycles. The molecule has 0 aromatic heterocycles. The van der Waals surface area contributed by atoms with Crippen molar-refractivity contribution in [2.24, 2.45) is 0 Å². The molecule has 0 heterocycles. The maximum absolute atomic E-state index is 12.7. The van der Waals surface area contributed by atoms with Crippen molar-refractivity contribution in [2.45, 2.75) is 83.4 Å². The number of carbonyl (C=O) groups excluding carboxylic acids is 4. The maximum Gasteiger partial charge on any atom is 0.407 e. The van der Waals surface area contributed by atoms with E-state index in [0.717, 1.165) is 31.2 Å². The minimum atomic E-state index is -1.18. The van der Waals surface area contributed by atoms with Crippen molar-refractivity contribution in [1.82, 2.24) is 21.7 Å². The summed E-state index contributed by atoms with van der Waals surface area (Å²) in [6.45, 7) is 3.18. The zero-order valence-corrected chi connectivity index (χ0v) is 21.5. The molecule has 0 aliphatic carbocycles. The summed E-state index contributed by atoms with van der Waals surface area (Å²) in [6, 6.07) is 7.40. The number of hydrogen-bond acceptors (Lipinski definition) is 6. The molecule has 0 saturated heterocycles. The summed E-state index contributed by atoms with van der Waals surface area (Å²) in [5.41, 5.74) is 8.87. The number of esters is 1. The van der Waals surface area contributed by atoms with Crippen molar-refractivity contribution in [2.75, 3.05) is 20.2 Å². The summed E-state index contributed by atoms with van der Waals surface area (Å²) in [5, 5.41) is 8.18. The quantitative estimate of drug-likeness (QED) is 0.206. The second kappa shape index (κ2) is 19.1. The third kappa shape index (κ3) is 14.3. The summed E-state index contributed by atoms with van der Waals surface area (Å²) >= 11 is 0. The van der Waals surface area contributed by atoms with Gasteiger partial charge in [0.25, 0.3) is 0 Å². The van der Waals surface area contributed by atoms with Gasteiger partial charge >= 0.3 is 12.1 Å². The lowest BCUT2D eigenvalue weighted by Crippen LogP contribution is -2.50. The van der Waals surface area contributed by atoms with E-state index < -0.39 is 30.1 Å². The highest BCUT2D eigenvalue weighted by molar-refractivity contribution is 5.89. The SMILES string of the molecule is CCCCCCNC(=O)C(CCCCNC(=O)OCc1ccccc1)NC(=O)C([NH])CCC(=O)OC. The summed E-state index contributed by atoms with van der Waals surface area (Å²) in [5.74, 6) is -1.39. The Morgan fingerprint density at radius 1 is 0.889 bits per heavy atom. The minimum Gasteiger partial charge on any atom is -0.469 e. The van der Waals surface area contributed by atoms with E-state index in [9.17, 15) is 19.2 Å². The Morgan fingerprint density at radius 2 is 1.58 bits per heavy atom. The van der Waals surface area contributed by atoms with Gasteiger partial charge < -0.3 is 25.4 Å². The third-order valence-electron chi connectivity index (χ3n) is 5.55. The zero-order valence-electron chi connectivity index (χ0n) is 21.5. The Kier molecular flexibility index (Phi) is 16.4. The number of amides is 3. The number of hydrogen-bond donors (Lipinski definition) is 3. The first-order chi connectivity index (χ1) is 17.4. The normalized spacial score (nSPS) is 12.2. The highest BCUT2D eigenvalue weighted by Crippen LogP contribution is 2.06. The number of alkyl carbamates (subject to hydrolysis) is 1. The van der Waals surface area contributed by atoms with Gasteiger partial charge in [-0.25, -0.2) is 10.5 Å². The van der Waals surface area contributed by atoms with E-state index in [1.807, 2.05) is 30.3 Å². The fourth-order valence-corrected chi connectivity index (χ4v) is 3.36. The monoisotopic (exact) mass is 505 g/mol. The molecule has 0 spiro atoms. The van der Waals surface area contributed by atoms with E-state index in [4.69, 9.17) is 10.5 Å². The van der Waals surface area contributed by atoms with Crippen molar-refractivity contribution in [1.29, 1.82) is 0 Å². The van der Waals surface area contributed by atoms with Crippen molar-refractivity contribution >= 4 is 23.9 Å². The highest BCUT2D eigenvalue weighted by Gasteiger charge is 2.24. The smallest absolute Gasteiger partial charge is 0.407 e. The first-order valence-corrected chi connectivity index (χ1v) is 12.7. The minimum absolute atomic E-state index is 0.0128. The van der Waals surface area contributed by atoms with Gasteiger partial charge in [0, 0.05) is 19.5 Å². The Balaban J connectivity index is 2.45. The van der Waals surface area contributed by atoms with Crippen LogP contribution in [-0.2, 0) is 30.5 Å². The number of carbonyl (C=O) groups is 4. The maximum atomic E-state index is 12.7. The molecule has 3 amide bonds. The van der Waals surface area contributed by atoms with Gasteiger partial charge in [0.05, 0.1) is 7.11 Å². The summed E-state index contributed by atoms with van der Waals surface area (Å²) < 4.78 is 9.71. The van der Waals surface area contributed by atoms with Crippen LogP contribution in [0, 0.1) is 0 Å². The molecule has 1 aromatic rings. The van der Waals surface area contributed by atoms with Gasteiger partial charge in [-0.15, -0.1) is 0 Å². The molecule has 10 heteroatoms. The molecular formula is C26H41N4O6. The first-order valence-electron chi connectivity index (χ1n) is 12.7. The predicted molar refractivity (Wildman–Crippen MR) is 136 cm³/mol. The third-order valence-corrected chi connectivity index (χ3v) is 5.55. The Morgan fingerprint density at radius 3 is 2.28 bits per heavy atom. The van der Waals surface area contributed by atoms with Gasteiger partial charge in [0.15, 0.2) is 0 Å². The largest absolute Gasteiger partial charge is 0.469 e. The number of unbranched alkanes of at least 4 members (excludes halogenated alkanes) is 4. The lowest BCUT2D eigenvalue weighted by atomic mass is 10.1. The van der Waals surface area contributed by atoms with Gasteiger partial charge in [-0.1, -0.05) is 56.5 Å². The number of methoxy groups -OCH3 is 1. The van der Waals surface area contributed by atoms with Gasteiger partial charge in [-0.3, -0.25) is 14.4 Å². The van der Waals surface area contributed by atoms with Crippen molar-refractivity contribution < 1.29 is 28.7 Å². The molecule has 10 nitrogen and oxygen atoms in total. The summed E-state index contributed by atoms with van der Waals surface area (Å²) in [4.78, 5) is 48.3. The van der Waals surface area contributed by atoms with Crippen LogP contribution in [0.3, 0.4) is 0 Å². The molecule has 36 heavy (non-hydrogen) atoms. The molecular weight excluding hydrogens is 464 g/mol. The van der Waals surface area contributed by atoms with Crippen molar-refractivity contribution in [3.05, 3.63) is 35.9 Å². The van der Waals surface area contributed by atoms with E-state index in [2.05, 4.69) is 27.6 Å². The van der Waals surface area contributed by atoms with Gasteiger partial charge in [0.1, 0.15) is 18.7 Å². The first kappa shape index (κ1) is 30.9. The molecule has 0 saturated carbocycles. The zero-order chi connectivity index (χ0) is 26.6. The molecule has 0 aliphatic heterocycles. The van der Waals surface area contributed by atoms with Crippen molar-refractivity contribution in [3.8, 4) is 0 Å². The van der Waals surface area contributed by atoms with Gasteiger partial charge in [0.2, 0.25) is 11.8 Å². The highest BCUT2D eigenvalue weighted by atomic mass is 16.5. The molecule has 1 rings (SSSR count). The number of rotatable bonds is 18. The number of ether oxygens (including phenoxy) is 2. The van der Waals surface area contributed by atoms with E-state index in [-0.39, 0.29) is 25.4 Å². The average molecular weight is 506 g/mol. The van der Waals surface area contributed by atoms with Crippen LogP contribution < -0.4 is 21.7 Å². The van der Waals surface area contributed by atoms with Crippen LogP contribution in [0.2, 0.25) is 0 Å². The van der Waals surface area contributed by atoms with Crippen LogP contribution in [0.25, 0.3) is 0 Å².